The van der Waals surface area contributed by atoms with E-state index >= 15 is 0 Å². The van der Waals surface area contributed by atoms with Crippen LogP contribution in [-0.2, 0) is 19.2 Å². The number of fused-ring (bicyclic) bond motifs is 1. The molecule has 35 heavy (non-hydrogen) atoms. The van der Waals surface area contributed by atoms with E-state index in [-0.39, 0.29) is 41.6 Å². The SMILES string of the molecule is CC(C)[C@H](NC(=O)C(F)(F)F)C(=O)N1C[C@H]2[C@@H]([C@H]1C(=O)N[C@H](C#N)C[C@@H]1CCNC1=O)C2(C)C.O. The van der Waals surface area contributed by atoms with Gasteiger partial charge in [0.25, 0.3) is 0 Å². The molecule has 0 bridgehead atoms. The molecule has 2 heterocycles. The summed E-state index contributed by atoms with van der Waals surface area (Å²) in [5.74, 6) is -5.06. The van der Waals surface area contributed by atoms with Gasteiger partial charge in [-0.3, -0.25) is 19.2 Å². The highest BCUT2D eigenvalue weighted by atomic mass is 19.4. The van der Waals surface area contributed by atoms with E-state index in [1.54, 1.807) is 5.32 Å². The Balaban J connectivity index is 0.00000432. The zero-order valence-electron chi connectivity index (χ0n) is 20.0. The van der Waals surface area contributed by atoms with Crippen molar-refractivity contribution >= 4 is 23.6 Å². The molecule has 1 aliphatic carbocycles. The number of carbonyl (C=O) groups excluding carboxylic acids is 4. The lowest BCUT2D eigenvalue weighted by Gasteiger charge is -2.34. The van der Waals surface area contributed by atoms with Gasteiger partial charge in [-0.15, -0.1) is 0 Å². The minimum absolute atomic E-state index is 0. The lowest BCUT2D eigenvalue weighted by Crippen LogP contribution is -2.59. The van der Waals surface area contributed by atoms with Crippen molar-refractivity contribution < 1.29 is 37.8 Å². The largest absolute Gasteiger partial charge is 0.471 e. The van der Waals surface area contributed by atoms with Crippen LogP contribution >= 0.6 is 0 Å². The van der Waals surface area contributed by atoms with Crippen LogP contribution in [0.25, 0.3) is 0 Å². The van der Waals surface area contributed by atoms with Crippen molar-refractivity contribution in [1.29, 1.82) is 5.26 Å². The number of nitrogens with one attached hydrogen (secondary N) is 3. The highest BCUT2D eigenvalue weighted by Gasteiger charge is 2.69. The monoisotopic (exact) mass is 503 g/mol. The number of rotatable bonds is 7. The van der Waals surface area contributed by atoms with E-state index in [0.29, 0.717) is 13.0 Å². The highest BCUT2D eigenvalue weighted by Crippen LogP contribution is 2.65. The summed E-state index contributed by atoms with van der Waals surface area (Å²) >= 11 is 0. The summed E-state index contributed by atoms with van der Waals surface area (Å²) < 4.78 is 38.4. The summed E-state index contributed by atoms with van der Waals surface area (Å²) in [6, 6.07) is -1.41. The number of hydrogen-bond donors (Lipinski definition) is 3. The molecule has 4 amide bonds. The Morgan fingerprint density at radius 2 is 1.89 bits per heavy atom. The number of nitrogens with zero attached hydrogens (tertiary/aromatic N) is 2. The van der Waals surface area contributed by atoms with Crippen LogP contribution in [0, 0.1) is 40.4 Å². The summed E-state index contributed by atoms with van der Waals surface area (Å²) in [5, 5.41) is 16.6. The molecule has 10 nitrogen and oxygen atoms in total. The predicted molar refractivity (Wildman–Crippen MR) is 116 cm³/mol. The summed E-state index contributed by atoms with van der Waals surface area (Å²) in [6.45, 7) is 7.57. The number of likely N-dealkylation sites (tertiary alicyclic amines) is 1. The van der Waals surface area contributed by atoms with Gasteiger partial charge < -0.3 is 26.3 Å². The molecule has 5 N–H and O–H groups in total. The van der Waals surface area contributed by atoms with E-state index in [1.165, 1.54) is 18.7 Å². The third-order valence-electron chi connectivity index (χ3n) is 7.39. The third kappa shape index (κ3) is 5.52. The number of hydrogen-bond acceptors (Lipinski definition) is 5. The van der Waals surface area contributed by atoms with Gasteiger partial charge in [-0.2, -0.15) is 18.4 Å². The van der Waals surface area contributed by atoms with Crippen molar-refractivity contribution in [1.82, 2.24) is 20.9 Å². The molecule has 2 saturated heterocycles. The second-order valence-corrected chi connectivity index (χ2v) is 10.3. The van der Waals surface area contributed by atoms with E-state index in [0.717, 1.165) is 0 Å². The van der Waals surface area contributed by atoms with Gasteiger partial charge in [0.05, 0.1) is 6.07 Å². The molecule has 0 aromatic rings. The van der Waals surface area contributed by atoms with Crippen molar-refractivity contribution in [2.75, 3.05) is 13.1 Å². The molecular formula is C22H32F3N5O5. The maximum atomic E-state index is 13.3. The summed E-state index contributed by atoms with van der Waals surface area (Å²) in [4.78, 5) is 51.1. The van der Waals surface area contributed by atoms with Crippen LogP contribution < -0.4 is 16.0 Å². The van der Waals surface area contributed by atoms with Crippen LogP contribution in [-0.4, -0.2) is 71.4 Å². The van der Waals surface area contributed by atoms with Crippen LogP contribution in [0.5, 0.6) is 0 Å². The van der Waals surface area contributed by atoms with Crippen LogP contribution in [0.2, 0.25) is 0 Å². The topological polar surface area (TPSA) is 163 Å². The molecule has 3 aliphatic rings. The number of amides is 4. The molecule has 0 spiro atoms. The van der Waals surface area contributed by atoms with Gasteiger partial charge in [0.15, 0.2) is 0 Å². The molecule has 0 unspecified atom stereocenters. The average molecular weight is 504 g/mol. The molecule has 1 saturated carbocycles. The molecule has 196 valence electrons. The molecule has 3 fully saturated rings. The van der Waals surface area contributed by atoms with E-state index in [2.05, 4.69) is 10.6 Å². The Hall–Kier alpha value is -2.88. The maximum absolute atomic E-state index is 13.3. The second-order valence-electron chi connectivity index (χ2n) is 10.3. The van der Waals surface area contributed by atoms with Gasteiger partial charge >= 0.3 is 12.1 Å². The zero-order chi connectivity index (χ0) is 25.6. The van der Waals surface area contributed by atoms with E-state index in [1.807, 2.05) is 19.9 Å². The number of nitriles is 1. The van der Waals surface area contributed by atoms with Gasteiger partial charge in [-0.25, -0.2) is 0 Å². The average Bonchev–Trinajstić information content (AvgIpc) is 3.10. The van der Waals surface area contributed by atoms with Crippen molar-refractivity contribution in [3.05, 3.63) is 0 Å². The molecular weight excluding hydrogens is 471 g/mol. The first kappa shape index (κ1) is 28.4. The third-order valence-corrected chi connectivity index (χ3v) is 7.39. The first-order valence-corrected chi connectivity index (χ1v) is 11.4. The minimum atomic E-state index is -5.15. The number of halogens is 3. The first-order chi connectivity index (χ1) is 15.7. The quantitative estimate of drug-likeness (QED) is 0.440. The fourth-order valence-electron chi connectivity index (χ4n) is 5.28. The van der Waals surface area contributed by atoms with E-state index in [4.69, 9.17) is 0 Å². The normalized spacial score (nSPS) is 28.2. The second kappa shape index (κ2) is 10.0. The van der Waals surface area contributed by atoms with E-state index < -0.39 is 53.9 Å². The minimum Gasteiger partial charge on any atom is -0.412 e. The van der Waals surface area contributed by atoms with Crippen molar-refractivity contribution in [3.63, 3.8) is 0 Å². The zero-order valence-corrected chi connectivity index (χ0v) is 20.0. The smallest absolute Gasteiger partial charge is 0.412 e. The predicted octanol–water partition coefficient (Wildman–Crippen LogP) is -0.118. The molecule has 13 heteroatoms. The Bertz CT molecular complexity index is 916. The summed E-state index contributed by atoms with van der Waals surface area (Å²) in [6.07, 6.45) is -4.47. The maximum Gasteiger partial charge on any atom is 0.471 e. The molecule has 0 radical (unpaired) electrons. The fraction of sp³-hybridized carbons (Fsp3) is 0.773. The molecule has 0 aromatic carbocycles. The van der Waals surface area contributed by atoms with E-state index in [9.17, 15) is 37.6 Å². The van der Waals surface area contributed by atoms with Gasteiger partial charge in [0, 0.05) is 19.0 Å². The number of alkyl halides is 3. The Morgan fingerprint density at radius 3 is 2.37 bits per heavy atom. The van der Waals surface area contributed by atoms with Crippen LogP contribution in [0.3, 0.4) is 0 Å². The standard InChI is InChI=1S/C22H30F3N5O4.H2O/c1-10(2)15(29-20(34)22(23,24)25)19(33)30-9-13-14(21(13,3)4)16(30)18(32)28-12(8-26)7-11-5-6-27-17(11)31;/h10-16H,5-7,9H2,1-4H3,(H,27,31)(H,28,32)(H,29,34);1H2/t11-,12-,13-,14-,15-,16-;/m0./s1. The summed E-state index contributed by atoms with van der Waals surface area (Å²) in [7, 11) is 0. The Morgan fingerprint density at radius 1 is 1.26 bits per heavy atom. The molecule has 0 aromatic heterocycles. The lowest BCUT2D eigenvalue weighted by atomic mass is 9.96. The van der Waals surface area contributed by atoms with Gasteiger partial charge in [-0.1, -0.05) is 27.7 Å². The van der Waals surface area contributed by atoms with Gasteiger partial charge in [0.2, 0.25) is 17.7 Å². The lowest BCUT2D eigenvalue weighted by molar-refractivity contribution is -0.175. The van der Waals surface area contributed by atoms with Gasteiger partial charge in [0.1, 0.15) is 18.1 Å². The number of piperidine rings is 1. The Labute approximate surface area is 201 Å². The first-order valence-electron chi connectivity index (χ1n) is 11.4. The van der Waals surface area contributed by atoms with Crippen molar-refractivity contribution in [2.45, 2.75) is 64.8 Å². The van der Waals surface area contributed by atoms with Crippen molar-refractivity contribution in [2.24, 2.45) is 29.1 Å². The molecule has 6 atom stereocenters. The summed E-state index contributed by atoms with van der Waals surface area (Å²) in [5.41, 5.74) is -0.255. The van der Waals surface area contributed by atoms with Crippen LogP contribution in [0.4, 0.5) is 13.2 Å². The van der Waals surface area contributed by atoms with Crippen molar-refractivity contribution in [3.8, 4) is 6.07 Å². The number of carbonyl (C=O) groups is 4. The molecule has 2 aliphatic heterocycles. The van der Waals surface area contributed by atoms with Crippen LogP contribution in [0.1, 0.15) is 40.5 Å². The Kier molecular flexibility index (Phi) is 8.11. The fourth-order valence-corrected chi connectivity index (χ4v) is 5.28. The van der Waals surface area contributed by atoms with Crippen LogP contribution in [0.15, 0.2) is 0 Å². The highest BCUT2D eigenvalue weighted by molar-refractivity contribution is 5.94. The van der Waals surface area contributed by atoms with Gasteiger partial charge in [-0.05, 0) is 36.0 Å². The molecule has 3 rings (SSSR count).